The van der Waals surface area contributed by atoms with Crippen LogP contribution in [0.5, 0.6) is 0 Å². The lowest BCUT2D eigenvalue weighted by atomic mass is 10.1. The van der Waals surface area contributed by atoms with Gasteiger partial charge in [-0.25, -0.2) is 0 Å². The third-order valence-electron chi connectivity index (χ3n) is 3.27. The van der Waals surface area contributed by atoms with E-state index in [1.165, 1.54) is 5.56 Å². The van der Waals surface area contributed by atoms with Crippen LogP contribution < -0.4 is 0 Å². The van der Waals surface area contributed by atoms with E-state index in [-0.39, 0.29) is 5.91 Å². The number of nitrogens with zero attached hydrogens (tertiary/aromatic N) is 2. The van der Waals surface area contributed by atoms with Crippen LogP contribution in [-0.2, 0) is 6.42 Å². The Balaban J connectivity index is 2.01. The summed E-state index contributed by atoms with van der Waals surface area (Å²) in [6.07, 6.45) is 6.22. The maximum atomic E-state index is 12.4. The van der Waals surface area contributed by atoms with Crippen molar-refractivity contribution < 1.29 is 4.79 Å². The fourth-order valence-electron chi connectivity index (χ4n) is 2.07. The second-order valence-electron chi connectivity index (χ2n) is 4.51. The van der Waals surface area contributed by atoms with Crippen LogP contribution in [0.4, 0.5) is 0 Å². The van der Waals surface area contributed by atoms with Gasteiger partial charge in [-0.2, -0.15) is 0 Å². The Bertz CT molecular complexity index is 533. The zero-order valence-electron chi connectivity index (χ0n) is 11.4. The minimum absolute atomic E-state index is 0.0929. The van der Waals surface area contributed by atoms with E-state index in [4.69, 9.17) is 0 Å². The average Bonchev–Trinajstić information content (AvgIpc) is 2.86. The molecule has 0 aliphatic heterocycles. The molecule has 1 N–H and O–H groups in total. The monoisotopic (exact) mass is 257 g/mol. The second kappa shape index (κ2) is 6.18. The number of carbonyl (C=O) groups is 1. The predicted octanol–water partition coefficient (Wildman–Crippen LogP) is 2.42. The van der Waals surface area contributed by atoms with Crippen molar-refractivity contribution in [2.75, 3.05) is 13.1 Å². The molecular formula is C15H19N3O. The summed E-state index contributed by atoms with van der Waals surface area (Å²) in [5.74, 6) is 0.0929. The zero-order chi connectivity index (χ0) is 13.7. The summed E-state index contributed by atoms with van der Waals surface area (Å²) in [5, 5.41) is 0. The van der Waals surface area contributed by atoms with E-state index in [9.17, 15) is 4.79 Å². The topological polar surface area (TPSA) is 49.0 Å². The van der Waals surface area contributed by atoms with Gasteiger partial charge < -0.3 is 9.88 Å². The van der Waals surface area contributed by atoms with E-state index in [1.807, 2.05) is 36.9 Å². The number of carbonyl (C=O) groups excluding carboxylic acids is 1. The molecule has 19 heavy (non-hydrogen) atoms. The average molecular weight is 257 g/mol. The molecule has 0 fully saturated rings. The largest absolute Gasteiger partial charge is 0.365 e. The molecule has 0 radical (unpaired) electrons. The molecule has 0 spiro atoms. The number of aryl methyl sites for hydroxylation is 1. The van der Waals surface area contributed by atoms with Crippen molar-refractivity contribution in [2.45, 2.75) is 20.3 Å². The third-order valence-corrected chi connectivity index (χ3v) is 3.27. The van der Waals surface area contributed by atoms with Crippen LogP contribution in [-0.4, -0.2) is 33.9 Å². The smallest absolute Gasteiger partial charge is 0.255 e. The summed E-state index contributed by atoms with van der Waals surface area (Å²) in [4.78, 5) is 21.3. The summed E-state index contributed by atoms with van der Waals surface area (Å²) in [7, 11) is 0. The molecule has 0 aliphatic carbocycles. The molecule has 0 saturated heterocycles. The standard InChI is InChI=1S/C15H19N3O/c1-3-18(11-7-13-4-8-16-9-5-13)15(19)14-6-10-17-12(14)2/h4-6,8-10,17H,3,7,11H2,1-2H3. The predicted molar refractivity (Wildman–Crippen MR) is 75.0 cm³/mol. The van der Waals surface area contributed by atoms with Gasteiger partial charge >= 0.3 is 0 Å². The molecule has 4 heteroatoms. The maximum absolute atomic E-state index is 12.4. The Kier molecular flexibility index (Phi) is 4.34. The fraction of sp³-hybridized carbons (Fsp3) is 0.333. The molecule has 0 unspecified atom stereocenters. The van der Waals surface area contributed by atoms with E-state index >= 15 is 0 Å². The number of aromatic nitrogens is 2. The van der Waals surface area contributed by atoms with Gasteiger partial charge in [-0.1, -0.05) is 0 Å². The summed E-state index contributed by atoms with van der Waals surface area (Å²) in [5.41, 5.74) is 2.89. The fourth-order valence-corrected chi connectivity index (χ4v) is 2.07. The van der Waals surface area contributed by atoms with Crippen LogP contribution >= 0.6 is 0 Å². The Hall–Kier alpha value is -2.10. The van der Waals surface area contributed by atoms with Gasteiger partial charge in [-0.3, -0.25) is 9.78 Å². The minimum atomic E-state index is 0.0929. The van der Waals surface area contributed by atoms with Gasteiger partial charge in [-0.15, -0.1) is 0 Å². The molecule has 0 aliphatic rings. The number of hydrogen-bond donors (Lipinski definition) is 1. The number of H-pyrrole nitrogens is 1. The van der Waals surface area contributed by atoms with E-state index in [0.717, 1.165) is 24.2 Å². The minimum Gasteiger partial charge on any atom is -0.365 e. The van der Waals surface area contributed by atoms with E-state index in [0.29, 0.717) is 6.54 Å². The zero-order valence-corrected chi connectivity index (χ0v) is 11.4. The lowest BCUT2D eigenvalue weighted by Gasteiger charge is -2.20. The first-order valence-corrected chi connectivity index (χ1v) is 6.54. The third kappa shape index (κ3) is 3.22. The number of pyridine rings is 1. The van der Waals surface area contributed by atoms with Crippen molar-refractivity contribution in [1.29, 1.82) is 0 Å². The number of amides is 1. The molecule has 0 atom stereocenters. The molecule has 0 saturated carbocycles. The Morgan fingerprint density at radius 2 is 2.05 bits per heavy atom. The SMILES string of the molecule is CCN(CCc1ccncc1)C(=O)c1cc[nH]c1C. The van der Waals surface area contributed by atoms with Crippen LogP contribution in [0.25, 0.3) is 0 Å². The maximum Gasteiger partial charge on any atom is 0.255 e. The first-order valence-electron chi connectivity index (χ1n) is 6.54. The second-order valence-corrected chi connectivity index (χ2v) is 4.51. The quantitative estimate of drug-likeness (QED) is 0.894. The molecule has 2 rings (SSSR count). The van der Waals surface area contributed by atoms with Crippen molar-refractivity contribution in [2.24, 2.45) is 0 Å². The van der Waals surface area contributed by atoms with Crippen LogP contribution in [0.15, 0.2) is 36.8 Å². The van der Waals surface area contributed by atoms with Gasteiger partial charge in [-0.05, 0) is 44.0 Å². The molecule has 100 valence electrons. The highest BCUT2D eigenvalue weighted by Gasteiger charge is 2.16. The van der Waals surface area contributed by atoms with Crippen molar-refractivity contribution in [3.8, 4) is 0 Å². The normalized spacial score (nSPS) is 10.4. The lowest BCUT2D eigenvalue weighted by molar-refractivity contribution is 0.0765. The van der Waals surface area contributed by atoms with Crippen molar-refractivity contribution in [3.63, 3.8) is 0 Å². The first kappa shape index (κ1) is 13.3. The van der Waals surface area contributed by atoms with E-state index < -0.39 is 0 Å². The molecule has 1 amide bonds. The molecule has 2 aromatic rings. The summed E-state index contributed by atoms with van der Waals surface area (Å²) in [6, 6.07) is 5.81. The van der Waals surface area contributed by atoms with Crippen molar-refractivity contribution >= 4 is 5.91 Å². The Labute approximate surface area is 113 Å². The van der Waals surface area contributed by atoms with Crippen LogP contribution in [0.3, 0.4) is 0 Å². The van der Waals surface area contributed by atoms with E-state index in [2.05, 4.69) is 9.97 Å². The number of nitrogens with one attached hydrogen (secondary N) is 1. The highest BCUT2D eigenvalue weighted by atomic mass is 16.2. The van der Waals surface area contributed by atoms with Gasteiger partial charge in [0.05, 0.1) is 5.56 Å². The Morgan fingerprint density at radius 3 is 2.63 bits per heavy atom. The molecular weight excluding hydrogens is 238 g/mol. The number of aromatic amines is 1. The van der Waals surface area contributed by atoms with Crippen LogP contribution in [0, 0.1) is 6.92 Å². The summed E-state index contributed by atoms with van der Waals surface area (Å²) in [6.45, 7) is 5.37. The lowest BCUT2D eigenvalue weighted by Crippen LogP contribution is -2.32. The molecule has 2 aromatic heterocycles. The van der Waals surface area contributed by atoms with Gasteiger partial charge in [0.1, 0.15) is 0 Å². The first-order chi connectivity index (χ1) is 9.22. The molecule has 0 aromatic carbocycles. The molecule has 0 bridgehead atoms. The van der Waals surface area contributed by atoms with Gasteiger partial charge in [0.25, 0.3) is 5.91 Å². The Morgan fingerprint density at radius 1 is 1.32 bits per heavy atom. The molecule has 2 heterocycles. The number of hydrogen-bond acceptors (Lipinski definition) is 2. The van der Waals surface area contributed by atoms with Crippen LogP contribution in [0.1, 0.15) is 28.5 Å². The number of likely N-dealkylation sites (N-methyl/N-ethyl adjacent to an activating group) is 1. The van der Waals surface area contributed by atoms with Crippen LogP contribution in [0.2, 0.25) is 0 Å². The van der Waals surface area contributed by atoms with Crippen molar-refractivity contribution in [3.05, 3.63) is 53.6 Å². The van der Waals surface area contributed by atoms with Gasteiger partial charge in [0, 0.05) is 37.4 Å². The van der Waals surface area contributed by atoms with E-state index in [1.54, 1.807) is 18.6 Å². The highest BCUT2D eigenvalue weighted by molar-refractivity contribution is 5.95. The highest BCUT2D eigenvalue weighted by Crippen LogP contribution is 2.10. The number of rotatable bonds is 5. The van der Waals surface area contributed by atoms with Gasteiger partial charge in [0.2, 0.25) is 0 Å². The summed E-state index contributed by atoms with van der Waals surface area (Å²) >= 11 is 0. The summed E-state index contributed by atoms with van der Waals surface area (Å²) < 4.78 is 0. The van der Waals surface area contributed by atoms with Crippen molar-refractivity contribution in [1.82, 2.24) is 14.9 Å². The van der Waals surface area contributed by atoms with Gasteiger partial charge in [0.15, 0.2) is 0 Å². The molecule has 4 nitrogen and oxygen atoms in total.